The van der Waals surface area contributed by atoms with Crippen molar-refractivity contribution >= 4 is 58.6 Å². The van der Waals surface area contributed by atoms with Gasteiger partial charge in [-0.3, -0.25) is 19.9 Å². The van der Waals surface area contributed by atoms with Crippen LogP contribution < -0.4 is 26.0 Å². The van der Waals surface area contributed by atoms with Crippen LogP contribution in [0, 0.1) is 16.7 Å². The highest BCUT2D eigenvalue weighted by atomic mass is 35.5. The highest BCUT2D eigenvalue weighted by molar-refractivity contribution is 6.41. The summed E-state index contributed by atoms with van der Waals surface area (Å²) in [4.78, 5) is 27.1. The average molecular weight is 841 g/mol. The third-order valence-electron chi connectivity index (χ3n) is 9.72. The number of carbonyl (C=O) groups excluding carboxylic acids is 1. The van der Waals surface area contributed by atoms with Crippen LogP contribution in [0.25, 0.3) is 22.3 Å². The van der Waals surface area contributed by atoms with E-state index in [1.54, 1.807) is 30.5 Å². The molecule has 0 saturated carbocycles. The number of carboxylic acid groups (broad SMARTS) is 1. The van der Waals surface area contributed by atoms with Crippen molar-refractivity contribution < 1.29 is 24.5 Å². The average Bonchev–Trinajstić information content (AvgIpc) is 3.65. The molecule has 1 amide bonds. The van der Waals surface area contributed by atoms with Gasteiger partial charge in [0.1, 0.15) is 24.5 Å². The predicted octanol–water partition coefficient (Wildman–Crippen LogP) is 7.34. The van der Waals surface area contributed by atoms with E-state index in [-0.39, 0.29) is 31.6 Å². The minimum Gasteiger partial charge on any atom is -0.489 e. The first-order valence-corrected chi connectivity index (χ1v) is 19.5. The predicted molar refractivity (Wildman–Crippen MR) is 226 cm³/mol. The fraction of sp³-hybridized carbons (Fsp3) is 0.233. The van der Waals surface area contributed by atoms with Gasteiger partial charge in [-0.15, -0.1) is 0 Å². The second kappa shape index (κ2) is 19.8. The van der Waals surface area contributed by atoms with E-state index in [1.807, 2.05) is 48.5 Å². The van der Waals surface area contributed by atoms with Crippen molar-refractivity contribution in [1.82, 2.24) is 20.9 Å². The van der Waals surface area contributed by atoms with Gasteiger partial charge in [0.15, 0.2) is 0 Å². The van der Waals surface area contributed by atoms with Gasteiger partial charge < -0.3 is 36.3 Å². The molecule has 2 atom stereocenters. The largest absolute Gasteiger partial charge is 0.489 e. The summed E-state index contributed by atoms with van der Waals surface area (Å²) in [7, 11) is 0. The van der Waals surface area contributed by atoms with Gasteiger partial charge in [-0.25, -0.2) is 0 Å². The van der Waals surface area contributed by atoms with Gasteiger partial charge in [0.25, 0.3) is 0 Å². The number of amides is 1. The van der Waals surface area contributed by atoms with Crippen LogP contribution in [0.5, 0.6) is 5.75 Å². The molecule has 0 spiro atoms. The third-order valence-corrected chi connectivity index (χ3v) is 10.8. The Labute approximate surface area is 350 Å². The number of rotatable bonds is 18. The lowest BCUT2D eigenvalue weighted by Gasteiger charge is -2.19. The number of aliphatic carboxylic acids is 1. The fourth-order valence-corrected chi connectivity index (χ4v) is 7.58. The second-order valence-corrected chi connectivity index (χ2v) is 14.9. The fourth-order valence-electron chi connectivity index (χ4n) is 6.63. The lowest BCUT2D eigenvalue weighted by atomic mass is 9.94. The molecular weight excluding hydrogens is 801 g/mol. The van der Waals surface area contributed by atoms with E-state index >= 15 is 0 Å². The number of hydrogen-bond donors (Lipinski definition) is 7. The zero-order chi connectivity index (χ0) is 41.2. The lowest BCUT2D eigenvalue weighted by Crippen LogP contribution is -2.39. The summed E-state index contributed by atoms with van der Waals surface area (Å²) in [6.07, 6.45) is 5.69. The number of aromatic nitrogens is 1. The Balaban J connectivity index is 1.22. The summed E-state index contributed by atoms with van der Waals surface area (Å²) < 4.78 is 6.17. The van der Waals surface area contributed by atoms with Gasteiger partial charge in [0, 0.05) is 101 Å². The molecule has 298 valence electrons. The number of carbonyl (C=O) groups is 2. The van der Waals surface area contributed by atoms with Crippen molar-refractivity contribution in [3.8, 4) is 34.1 Å². The zero-order valence-corrected chi connectivity index (χ0v) is 33.4. The van der Waals surface area contributed by atoms with Gasteiger partial charge in [-0.2, -0.15) is 5.26 Å². The smallest absolute Gasteiger partial charge is 0.323 e. The van der Waals surface area contributed by atoms with Crippen LogP contribution in [0.1, 0.15) is 46.2 Å². The SMILES string of the molecule is N#Cc1cncc(COc2cc(CNc3cccc(-c4ccc(Cl)c(-c5ccc(CNCC6CCC(=O)N6)cc5)c4Cl)c3C=N)c(Cl)cc2CNC(CO)C(=O)O)c1. The summed E-state index contributed by atoms with van der Waals surface area (Å²) in [6, 6.07) is 23.3. The summed E-state index contributed by atoms with van der Waals surface area (Å²) in [5.74, 6) is -0.706. The number of carboxylic acids is 1. The molecule has 4 aromatic carbocycles. The molecule has 15 heteroatoms. The second-order valence-electron chi connectivity index (χ2n) is 13.7. The van der Waals surface area contributed by atoms with E-state index in [4.69, 9.17) is 44.9 Å². The number of hydrogen-bond acceptors (Lipinski definition) is 10. The minimum absolute atomic E-state index is 0.0321. The van der Waals surface area contributed by atoms with Crippen LogP contribution in [0.2, 0.25) is 15.1 Å². The van der Waals surface area contributed by atoms with Crippen molar-refractivity contribution in [3.63, 3.8) is 0 Å². The van der Waals surface area contributed by atoms with E-state index in [1.165, 1.54) is 12.4 Å². The van der Waals surface area contributed by atoms with E-state index in [0.717, 1.165) is 17.5 Å². The Morgan fingerprint density at radius 2 is 1.81 bits per heavy atom. The first-order chi connectivity index (χ1) is 28.1. The topological polar surface area (TPSA) is 192 Å². The number of nitriles is 1. The molecule has 58 heavy (non-hydrogen) atoms. The first-order valence-electron chi connectivity index (χ1n) is 18.4. The number of anilines is 1. The minimum atomic E-state index is -1.21. The molecule has 5 aromatic rings. The number of ether oxygens (including phenoxy) is 1. The normalized spacial score (nSPS) is 14.1. The Hall–Kier alpha value is -5.52. The van der Waals surface area contributed by atoms with Crippen LogP contribution in [-0.2, 0) is 35.8 Å². The van der Waals surface area contributed by atoms with Gasteiger partial charge >= 0.3 is 5.97 Å². The number of nitrogens with one attached hydrogen (secondary N) is 5. The van der Waals surface area contributed by atoms with Crippen molar-refractivity contribution in [2.75, 3.05) is 18.5 Å². The van der Waals surface area contributed by atoms with E-state index in [2.05, 4.69) is 32.3 Å². The summed E-state index contributed by atoms with van der Waals surface area (Å²) >= 11 is 20.7. The Bertz CT molecular complexity index is 2350. The molecule has 1 aliphatic rings. The van der Waals surface area contributed by atoms with Crippen LogP contribution in [-0.4, -0.2) is 58.5 Å². The third kappa shape index (κ3) is 10.3. The maximum absolute atomic E-state index is 11.5. The Morgan fingerprint density at radius 1 is 1.00 bits per heavy atom. The molecule has 0 bridgehead atoms. The quantitative estimate of drug-likeness (QED) is 0.0440. The van der Waals surface area contributed by atoms with Crippen LogP contribution in [0.4, 0.5) is 5.69 Å². The molecule has 12 nitrogen and oxygen atoms in total. The zero-order valence-electron chi connectivity index (χ0n) is 31.1. The standard InChI is InChI=1S/C43H40Cl3N7O5/c44-35-10-9-33(42(46)41(35)28-6-4-25(5-7-28)17-50-22-31-8-11-40(55)53-31)32-2-1-3-37(34(32)16-48)51-20-29-14-39(58-24-27-12-26(15-47)18-49-19-27)30(13-36(29)45)21-52-38(23-54)43(56)57/h1-7,9-10,12-14,16,18-19,31,38,48,50-52,54H,8,11,17,20-24H2,(H,53,55)(H,56,57). The van der Waals surface area contributed by atoms with Gasteiger partial charge in [0.2, 0.25) is 5.91 Å². The van der Waals surface area contributed by atoms with E-state index in [9.17, 15) is 25.1 Å². The first kappa shape index (κ1) is 42.1. The highest BCUT2D eigenvalue weighted by Gasteiger charge is 2.21. The van der Waals surface area contributed by atoms with Crippen molar-refractivity contribution in [1.29, 1.82) is 10.7 Å². The highest BCUT2D eigenvalue weighted by Crippen LogP contribution is 2.43. The lowest BCUT2D eigenvalue weighted by molar-refractivity contribution is -0.140. The van der Waals surface area contributed by atoms with Crippen LogP contribution in [0.3, 0.4) is 0 Å². The molecule has 1 fully saturated rings. The number of pyridine rings is 1. The van der Waals surface area contributed by atoms with Crippen molar-refractivity contribution in [2.45, 2.75) is 51.2 Å². The summed E-state index contributed by atoms with van der Waals surface area (Å²) in [5.41, 5.74) is 7.44. The molecule has 0 aliphatic carbocycles. The Kier molecular flexibility index (Phi) is 14.3. The molecule has 1 aliphatic heterocycles. The number of aliphatic hydroxyl groups excluding tert-OH is 1. The van der Waals surface area contributed by atoms with Crippen LogP contribution >= 0.6 is 34.8 Å². The molecule has 7 N–H and O–H groups in total. The molecule has 2 heterocycles. The number of aliphatic hydroxyl groups is 1. The van der Waals surface area contributed by atoms with Crippen molar-refractivity contribution in [2.24, 2.45) is 0 Å². The maximum Gasteiger partial charge on any atom is 0.323 e. The molecule has 0 radical (unpaired) electrons. The molecule has 2 unspecified atom stereocenters. The number of benzene rings is 4. The summed E-state index contributed by atoms with van der Waals surface area (Å²) in [5, 5.41) is 50.6. The van der Waals surface area contributed by atoms with E-state index < -0.39 is 18.6 Å². The monoisotopic (exact) mass is 839 g/mol. The van der Waals surface area contributed by atoms with Gasteiger partial charge in [0.05, 0.1) is 17.2 Å². The molecule has 1 aromatic heterocycles. The molecular formula is C43H40Cl3N7O5. The summed E-state index contributed by atoms with van der Waals surface area (Å²) in [6.45, 7) is 1.06. The molecule has 1 saturated heterocycles. The van der Waals surface area contributed by atoms with E-state index in [0.29, 0.717) is 90.5 Å². The number of halogens is 3. The molecule has 6 rings (SSSR count). The van der Waals surface area contributed by atoms with Crippen LogP contribution in [0.15, 0.2) is 85.2 Å². The maximum atomic E-state index is 11.5. The Morgan fingerprint density at radius 3 is 2.52 bits per heavy atom. The van der Waals surface area contributed by atoms with Gasteiger partial charge in [-0.1, -0.05) is 77.3 Å². The van der Waals surface area contributed by atoms with Crippen molar-refractivity contribution in [3.05, 3.63) is 134 Å². The number of nitrogens with zero attached hydrogens (tertiary/aromatic N) is 2. The van der Waals surface area contributed by atoms with Gasteiger partial charge in [-0.05, 0) is 59.0 Å².